The Bertz CT molecular complexity index is 1210. The Morgan fingerprint density at radius 1 is 1.03 bits per heavy atom. The van der Waals surface area contributed by atoms with Crippen molar-refractivity contribution in [2.75, 3.05) is 22.9 Å². The predicted molar refractivity (Wildman–Crippen MR) is 134 cm³/mol. The molecule has 0 saturated heterocycles. The number of benzene rings is 2. The molecule has 32 heavy (non-hydrogen) atoms. The molecule has 0 radical (unpaired) electrons. The largest absolute Gasteiger partial charge is 0.372 e. The number of fused-ring (bicyclic) bond motifs is 1. The van der Waals surface area contributed by atoms with Gasteiger partial charge in [-0.15, -0.1) is 0 Å². The zero-order chi connectivity index (χ0) is 22.7. The minimum atomic E-state index is -0.0617. The summed E-state index contributed by atoms with van der Waals surface area (Å²) in [6.45, 7) is 10.7. The molecule has 1 amide bonds. The van der Waals surface area contributed by atoms with Crippen LogP contribution in [0.1, 0.15) is 40.9 Å². The maximum atomic E-state index is 13.7. The van der Waals surface area contributed by atoms with Gasteiger partial charge in [-0.1, -0.05) is 23.5 Å². The highest BCUT2D eigenvalue weighted by atomic mass is 32.1. The number of thiazole rings is 1. The standard InChI is InChI=1S/C26H28N4OS/c1-5-29(6-2)22-11-9-21(10-12-22)25(31)30(17-20-8-7-13-27-16-20)26-28-23-15-18(3)14-19(4)24(23)32-26/h7-16H,5-6,17H2,1-4H3. The Morgan fingerprint density at radius 2 is 1.78 bits per heavy atom. The molecule has 4 aromatic rings. The van der Waals surface area contributed by atoms with Crippen LogP contribution < -0.4 is 9.80 Å². The lowest BCUT2D eigenvalue weighted by atomic mass is 10.1. The number of rotatable bonds is 7. The van der Waals surface area contributed by atoms with Gasteiger partial charge in [0.25, 0.3) is 5.91 Å². The number of pyridine rings is 1. The number of aryl methyl sites for hydroxylation is 2. The number of carbonyl (C=O) groups is 1. The van der Waals surface area contributed by atoms with Gasteiger partial charge in [0, 0.05) is 36.7 Å². The van der Waals surface area contributed by atoms with E-state index in [9.17, 15) is 4.79 Å². The summed E-state index contributed by atoms with van der Waals surface area (Å²) >= 11 is 1.56. The Balaban J connectivity index is 1.73. The first kappa shape index (κ1) is 22.0. The highest BCUT2D eigenvalue weighted by Crippen LogP contribution is 2.33. The fraction of sp³-hybridized carbons (Fsp3) is 0.269. The molecule has 0 bridgehead atoms. The molecule has 5 nitrogen and oxygen atoms in total. The minimum absolute atomic E-state index is 0.0617. The summed E-state index contributed by atoms with van der Waals surface area (Å²) in [5, 5.41) is 0.704. The highest BCUT2D eigenvalue weighted by molar-refractivity contribution is 7.22. The summed E-state index contributed by atoms with van der Waals surface area (Å²) in [5.74, 6) is -0.0617. The number of hydrogen-bond donors (Lipinski definition) is 0. The molecule has 0 unspecified atom stereocenters. The van der Waals surface area contributed by atoms with Gasteiger partial charge in [0.1, 0.15) is 0 Å². The Labute approximate surface area is 193 Å². The molecule has 0 aliphatic carbocycles. The van der Waals surface area contributed by atoms with E-state index < -0.39 is 0 Å². The van der Waals surface area contributed by atoms with Crippen LogP contribution in [0.25, 0.3) is 10.2 Å². The van der Waals surface area contributed by atoms with Gasteiger partial charge >= 0.3 is 0 Å². The summed E-state index contributed by atoms with van der Waals surface area (Å²) in [5.41, 5.74) is 6.02. The first-order chi connectivity index (χ1) is 15.5. The van der Waals surface area contributed by atoms with Gasteiger partial charge in [-0.25, -0.2) is 4.98 Å². The van der Waals surface area contributed by atoms with E-state index in [1.165, 1.54) is 11.1 Å². The van der Waals surface area contributed by atoms with Crippen LogP contribution in [0.15, 0.2) is 60.9 Å². The molecule has 0 saturated carbocycles. The van der Waals surface area contributed by atoms with Crippen LogP contribution in [0.3, 0.4) is 0 Å². The maximum Gasteiger partial charge on any atom is 0.260 e. The fourth-order valence-electron chi connectivity index (χ4n) is 3.94. The lowest BCUT2D eigenvalue weighted by Gasteiger charge is -2.22. The number of amides is 1. The van der Waals surface area contributed by atoms with Crippen molar-refractivity contribution < 1.29 is 4.79 Å². The van der Waals surface area contributed by atoms with Crippen molar-refractivity contribution in [2.45, 2.75) is 34.2 Å². The van der Waals surface area contributed by atoms with Gasteiger partial charge in [-0.2, -0.15) is 0 Å². The average molecular weight is 445 g/mol. The number of hydrogen-bond acceptors (Lipinski definition) is 5. The predicted octanol–water partition coefficient (Wildman–Crippen LogP) is 6.00. The highest BCUT2D eigenvalue weighted by Gasteiger charge is 2.22. The van der Waals surface area contributed by atoms with E-state index in [0.717, 1.165) is 34.6 Å². The lowest BCUT2D eigenvalue weighted by molar-refractivity contribution is 0.0985. The second-order valence-electron chi connectivity index (χ2n) is 7.90. The molecule has 0 atom stereocenters. The van der Waals surface area contributed by atoms with Crippen LogP contribution in [0.5, 0.6) is 0 Å². The average Bonchev–Trinajstić information content (AvgIpc) is 3.23. The molecule has 0 fully saturated rings. The lowest BCUT2D eigenvalue weighted by Crippen LogP contribution is -2.30. The zero-order valence-corrected chi connectivity index (χ0v) is 19.8. The molecule has 2 heterocycles. The van der Waals surface area contributed by atoms with E-state index >= 15 is 0 Å². The summed E-state index contributed by atoms with van der Waals surface area (Å²) in [6, 6.07) is 16.0. The molecule has 0 spiro atoms. The smallest absolute Gasteiger partial charge is 0.260 e. The van der Waals surface area contributed by atoms with Crippen molar-refractivity contribution in [1.82, 2.24) is 9.97 Å². The van der Waals surface area contributed by atoms with Crippen molar-refractivity contribution in [1.29, 1.82) is 0 Å². The summed E-state index contributed by atoms with van der Waals surface area (Å²) in [4.78, 5) is 26.8. The van der Waals surface area contributed by atoms with Crippen molar-refractivity contribution in [3.05, 3.63) is 83.2 Å². The number of anilines is 2. The van der Waals surface area contributed by atoms with Crippen LogP contribution in [0, 0.1) is 13.8 Å². The molecule has 6 heteroatoms. The Kier molecular flexibility index (Phi) is 6.51. The Morgan fingerprint density at radius 3 is 2.44 bits per heavy atom. The normalized spacial score (nSPS) is 11.0. The van der Waals surface area contributed by atoms with Crippen molar-refractivity contribution in [3.63, 3.8) is 0 Å². The fourth-order valence-corrected chi connectivity index (χ4v) is 4.95. The van der Waals surface area contributed by atoms with Gasteiger partial charge in [0.15, 0.2) is 5.13 Å². The molecule has 0 aliphatic heterocycles. The number of aromatic nitrogens is 2. The third-order valence-electron chi connectivity index (χ3n) is 5.59. The summed E-state index contributed by atoms with van der Waals surface area (Å²) in [7, 11) is 0. The number of nitrogens with zero attached hydrogens (tertiary/aromatic N) is 4. The van der Waals surface area contributed by atoms with Crippen LogP contribution in [0.2, 0.25) is 0 Å². The second-order valence-corrected chi connectivity index (χ2v) is 8.88. The third kappa shape index (κ3) is 4.50. The molecule has 164 valence electrons. The van der Waals surface area contributed by atoms with Gasteiger partial charge in [0.05, 0.1) is 16.8 Å². The monoisotopic (exact) mass is 444 g/mol. The van der Waals surface area contributed by atoms with Crippen molar-refractivity contribution in [2.24, 2.45) is 0 Å². The summed E-state index contributed by atoms with van der Waals surface area (Å²) < 4.78 is 1.12. The van der Waals surface area contributed by atoms with Gasteiger partial charge in [-0.3, -0.25) is 14.7 Å². The van der Waals surface area contributed by atoms with Crippen LogP contribution in [-0.2, 0) is 6.54 Å². The zero-order valence-electron chi connectivity index (χ0n) is 19.0. The van der Waals surface area contributed by atoms with Gasteiger partial charge in [-0.05, 0) is 80.8 Å². The molecule has 2 aromatic carbocycles. The third-order valence-corrected chi connectivity index (χ3v) is 6.82. The summed E-state index contributed by atoms with van der Waals surface area (Å²) in [6.07, 6.45) is 3.54. The first-order valence-electron chi connectivity index (χ1n) is 10.9. The van der Waals surface area contributed by atoms with E-state index in [4.69, 9.17) is 4.98 Å². The van der Waals surface area contributed by atoms with Crippen LogP contribution >= 0.6 is 11.3 Å². The van der Waals surface area contributed by atoms with Crippen LogP contribution in [-0.4, -0.2) is 29.0 Å². The van der Waals surface area contributed by atoms with E-state index in [1.807, 2.05) is 36.4 Å². The van der Waals surface area contributed by atoms with E-state index in [-0.39, 0.29) is 5.91 Å². The number of carbonyl (C=O) groups excluding carboxylic acids is 1. The molecule has 2 aromatic heterocycles. The topological polar surface area (TPSA) is 49.3 Å². The van der Waals surface area contributed by atoms with E-state index in [0.29, 0.717) is 17.2 Å². The van der Waals surface area contributed by atoms with Crippen molar-refractivity contribution in [3.8, 4) is 0 Å². The van der Waals surface area contributed by atoms with E-state index in [1.54, 1.807) is 28.6 Å². The molecule has 0 aliphatic rings. The molecular formula is C26H28N4OS. The molecular weight excluding hydrogens is 416 g/mol. The minimum Gasteiger partial charge on any atom is -0.372 e. The van der Waals surface area contributed by atoms with Crippen LogP contribution in [0.4, 0.5) is 10.8 Å². The Hall–Kier alpha value is -3.25. The second kappa shape index (κ2) is 9.49. The molecule has 4 rings (SSSR count). The SMILES string of the molecule is CCN(CC)c1ccc(C(=O)N(Cc2cccnc2)c2nc3cc(C)cc(C)c3s2)cc1. The quantitative estimate of drug-likeness (QED) is 0.351. The van der Waals surface area contributed by atoms with Crippen molar-refractivity contribution >= 4 is 38.3 Å². The first-order valence-corrected chi connectivity index (χ1v) is 11.7. The van der Waals surface area contributed by atoms with E-state index in [2.05, 4.69) is 49.7 Å². The maximum absolute atomic E-state index is 13.7. The van der Waals surface area contributed by atoms with Gasteiger partial charge in [0.2, 0.25) is 0 Å². The van der Waals surface area contributed by atoms with Gasteiger partial charge < -0.3 is 4.90 Å². The molecule has 0 N–H and O–H groups in total.